The van der Waals surface area contributed by atoms with Crippen LogP contribution in [-0.4, -0.2) is 37.0 Å². The summed E-state index contributed by atoms with van der Waals surface area (Å²) < 4.78 is 33.8. The molecule has 4 rings (SSSR count). The van der Waals surface area contributed by atoms with Gasteiger partial charge in [-0.2, -0.15) is 5.26 Å². The lowest BCUT2D eigenvalue weighted by atomic mass is 10.0. The summed E-state index contributed by atoms with van der Waals surface area (Å²) in [6.45, 7) is 1.10. The zero-order chi connectivity index (χ0) is 22.8. The summed E-state index contributed by atoms with van der Waals surface area (Å²) >= 11 is 1.22. The van der Waals surface area contributed by atoms with E-state index in [-0.39, 0.29) is 23.3 Å². The summed E-state index contributed by atoms with van der Waals surface area (Å²) in [5.74, 6) is -1.24. The Balaban J connectivity index is 1.82. The molecule has 1 aliphatic heterocycles. The van der Waals surface area contributed by atoms with Gasteiger partial charge in [0, 0.05) is 29.6 Å². The van der Waals surface area contributed by atoms with Crippen molar-refractivity contribution in [2.75, 3.05) is 20.2 Å². The molecule has 0 aliphatic carbocycles. The number of halogens is 2. The average Bonchev–Trinajstić information content (AvgIpc) is 3.24. The highest BCUT2D eigenvalue weighted by atomic mass is 32.1. The standard InChI is InChI=1S/C24H21F2N3O2S/c1-31-21-7-6-15(10-20(21)26)23-18(14-4-5-16(12-27)19(25)9-14)11-22(32-23)24(30)29-8-2-3-17(28)13-29/h4-7,9-11,17H,2-3,8,13,28H2,1H3/t17-/m0/s1. The van der Waals surface area contributed by atoms with Gasteiger partial charge in [0.1, 0.15) is 11.9 Å². The van der Waals surface area contributed by atoms with Crippen molar-refractivity contribution in [1.29, 1.82) is 5.26 Å². The smallest absolute Gasteiger partial charge is 0.264 e. The number of nitrogens with two attached hydrogens (primary N) is 1. The SMILES string of the molecule is COc1ccc(-c2sc(C(=O)N3CCC[C@H](N)C3)cc2-c2ccc(C#N)c(F)c2)cc1F. The molecular weight excluding hydrogens is 432 g/mol. The number of thiophene rings is 1. The van der Waals surface area contributed by atoms with Crippen molar-refractivity contribution in [2.45, 2.75) is 18.9 Å². The number of hydrogen-bond acceptors (Lipinski definition) is 5. The van der Waals surface area contributed by atoms with Gasteiger partial charge >= 0.3 is 0 Å². The fraction of sp³-hybridized carbons (Fsp3) is 0.250. The van der Waals surface area contributed by atoms with Gasteiger partial charge in [-0.25, -0.2) is 8.78 Å². The van der Waals surface area contributed by atoms with Crippen molar-refractivity contribution >= 4 is 17.2 Å². The molecule has 0 unspecified atom stereocenters. The normalized spacial score (nSPS) is 16.0. The number of likely N-dealkylation sites (tertiary alicyclic amines) is 1. The van der Waals surface area contributed by atoms with Crippen LogP contribution < -0.4 is 10.5 Å². The van der Waals surface area contributed by atoms with Gasteiger partial charge in [0.15, 0.2) is 11.6 Å². The first-order valence-electron chi connectivity index (χ1n) is 10.1. The summed E-state index contributed by atoms with van der Waals surface area (Å²) in [6.07, 6.45) is 1.71. The molecule has 1 fully saturated rings. The number of piperidine rings is 1. The number of carbonyl (C=O) groups is 1. The third-order valence-electron chi connectivity index (χ3n) is 5.50. The largest absolute Gasteiger partial charge is 0.494 e. The highest BCUT2D eigenvalue weighted by Crippen LogP contribution is 2.41. The van der Waals surface area contributed by atoms with E-state index in [1.54, 1.807) is 29.2 Å². The van der Waals surface area contributed by atoms with Crippen molar-refractivity contribution in [1.82, 2.24) is 4.90 Å². The Morgan fingerprint density at radius 1 is 1.19 bits per heavy atom. The third-order valence-corrected chi connectivity index (χ3v) is 6.67. The van der Waals surface area contributed by atoms with Crippen molar-refractivity contribution < 1.29 is 18.3 Å². The maximum atomic E-state index is 14.4. The van der Waals surface area contributed by atoms with Crippen molar-refractivity contribution in [3.63, 3.8) is 0 Å². The summed E-state index contributed by atoms with van der Waals surface area (Å²) in [6, 6.07) is 12.3. The van der Waals surface area contributed by atoms with Crippen molar-refractivity contribution in [3.05, 3.63) is 64.5 Å². The molecule has 1 aromatic heterocycles. The highest BCUT2D eigenvalue weighted by molar-refractivity contribution is 7.18. The van der Waals surface area contributed by atoms with Gasteiger partial charge in [0.05, 0.1) is 17.6 Å². The number of amides is 1. The number of hydrogen-bond donors (Lipinski definition) is 1. The first-order valence-corrected chi connectivity index (χ1v) is 11.0. The van der Waals surface area contributed by atoms with E-state index in [4.69, 9.17) is 15.7 Å². The summed E-state index contributed by atoms with van der Waals surface area (Å²) in [5.41, 5.74) is 7.60. The van der Waals surface area contributed by atoms with Crippen LogP contribution in [0.3, 0.4) is 0 Å². The van der Waals surface area contributed by atoms with Gasteiger partial charge in [-0.05, 0) is 60.4 Å². The molecule has 0 bridgehead atoms. The van der Waals surface area contributed by atoms with Gasteiger partial charge in [-0.3, -0.25) is 4.79 Å². The molecule has 1 atom stereocenters. The quantitative estimate of drug-likeness (QED) is 0.615. The monoisotopic (exact) mass is 453 g/mol. The minimum absolute atomic E-state index is 0.0603. The maximum Gasteiger partial charge on any atom is 0.264 e. The van der Waals surface area contributed by atoms with E-state index in [1.165, 1.54) is 42.7 Å². The molecule has 8 heteroatoms. The van der Waals surface area contributed by atoms with E-state index in [1.807, 2.05) is 0 Å². The highest BCUT2D eigenvalue weighted by Gasteiger charge is 2.26. The van der Waals surface area contributed by atoms with Crippen molar-refractivity contribution in [2.24, 2.45) is 5.73 Å². The number of nitriles is 1. The lowest BCUT2D eigenvalue weighted by Crippen LogP contribution is -2.45. The third kappa shape index (κ3) is 4.22. The predicted molar refractivity (Wildman–Crippen MR) is 119 cm³/mol. The zero-order valence-electron chi connectivity index (χ0n) is 17.4. The Kier molecular flexibility index (Phi) is 6.21. The van der Waals surface area contributed by atoms with E-state index in [2.05, 4.69) is 0 Å². The molecule has 32 heavy (non-hydrogen) atoms. The number of benzene rings is 2. The average molecular weight is 454 g/mol. The fourth-order valence-electron chi connectivity index (χ4n) is 3.86. The summed E-state index contributed by atoms with van der Waals surface area (Å²) in [7, 11) is 1.38. The molecule has 2 aromatic carbocycles. The lowest BCUT2D eigenvalue weighted by Gasteiger charge is -2.30. The second-order valence-corrected chi connectivity index (χ2v) is 8.71. The van der Waals surface area contributed by atoms with Crippen LogP contribution in [0.25, 0.3) is 21.6 Å². The minimum Gasteiger partial charge on any atom is -0.494 e. The second kappa shape index (κ2) is 9.07. The van der Waals surface area contributed by atoms with Crippen LogP contribution in [0.4, 0.5) is 8.78 Å². The van der Waals surface area contributed by atoms with Crippen LogP contribution in [-0.2, 0) is 0 Å². The Labute approximate surface area is 188 Å². The van der Waals surface area contributed by atoms with Gasteiger partial charge in [-0.15, -0.1) is 11.3 Å². The number of methoxy groups -OCH3 is 1. The second-order valence-electron chi connectivity index (χ2n) is 7.66. The van der Waals surface area contributed by atoms with Gasteiger partial charge < -0.3 is 15.4 Å². The molecular formula is C24H21F2N3O2S. The van der Waals surface area contributed by atoms with Crippen LogP contribution in [0.2, 0.25) is 0 Å². The van der Waals surface area contributed by atoms with Crippen LogP contribution in [0.1, 0.15) is 28.1 Å². The summed E-state index contributed by atoms with van der Waals surface area (Å²) in [5, 5.41) is 9.03. The molecule has 5 nitrogen and oxygen atoms in total. The Morgan fingerprint density at radius 2 is 1.94 bits per heavy atom. The van der Waals surface area contributed by atoms with Crippen LogP contribution >= 0.6 is 11.3 Å². The number of nitrogens with zero attached hydrogens (tertiary/aromatic N) is 2. The van der Waals surface area contributed by atoms with Crippen LogP contribution in [0, 0.1) is 23.0 Å². The van der Waals surface area contributed by atoms with Gasteiger partial charge in [0.2, 0.25) is 0 Å². The molecule has 1 aliphatic rings. The summed E-state index contributed by atoms with van der Waals surface area (Å²) in [4.78, 5) is 16.0. The van der Waals surface area contributed by atoms with E-state index in [9.17, 15) is 13.6 Å². The van der Waals surface area contributed by atoms with E-state index >= 15 is 0 Å². The molecule has 1 amide bonds. The zero-order valence-corrected chi connectivity index (χ0v) is 18.2. The van der Waals surface area contributed by atoms with E-state index in [0.717, 1.165) is 12.8 Å². The van der Waals surface area contributed by atoms with Crippen LogP contribution in [0.5, 0.6) is 5.75 Å². The molecule has 2 heterocycles. The molecule has 0 spiro atoms. The Hall–Kier alpha value is -3.28. The maximum absolute atomic E-state index is 14.4. The Bertz CT molecular complexity index is 1220. The first-order chi connectivity index (χ1) is 15.4. The Morgan fingerprint density at radius 3 is 2.59 bits per heavy atom. The number of ether oxygens (including phenoxy) is 1. The molecule has 2 N–H and O–H groups in total. The molecule has 0 saturated carbocycles. The predicted octanol–water partition coefficient (Wildman–Crippen LogP) is 4.80. The number of rotatable bonds is 4. The molecule has 1 saturated heterocycles. The van der Waals surface area contributed by atoms with Gasteiger partial charge in [-0.1, -0.05) is 6.07 Å². The lowest BCUT2D eigenvalue weighted by molar-refractivity contribution is 0.0714. The number of carbonyl (C=O) groups excluding carboxylic acids is 1. The van der Waals surface area contributed by atoms with Gasteiger partial charge in [0.25, 0.3) is 5.91 Å². The first kappa shape index (κ1) is 21.9. The minimum atomic E-state index is -0.655. The van der Waals surface area contributed by atoms with E-state index < -0.39 is 11.6 Å². The van der Waals surface area contributed by atoms with E-state index in [0.29, 0.717) is 39.5 Å². The fourth-order valence-corrected chi connectivity index (χ4v) is 5.00. The van der Waals surface area contributed by atoms with Crippen molar-refractivity contribution in [3.8, 4) is 33.4 Å². The van der Waals surface area contributed by atoms with Crippen LogP contribution in [0.15, 0.2) is 42.5 Å². The molecule has 164 valence electrons. The topological polar surface area (TPSA) is 79.3 Å². The molecule has 3 aromatic rings. The molecule has 0 radical (unpaired) electrons.